The highest BCUT2D eigenvalue weighted by Crippen LogP contribution is 2.62. The molecule has 39 heavy (non-hydrogen) atoms. The second-order valence-corrected chi connectivity index (χ2v) is 9.88. The van der Waals surface area contributed by atoms with Gasteiger partial charge in [0.1, 0.15) is 0 Å². The summed E-state index contributed by atoms with van der Waals surface area (Å²) in [5.41, 5.74) is 19.4. The van der Waals surface area contributed by atoms with Crippen LogP contribution in [0.1, 0.15) is 34.7 Å². The van der Waals surface area contributed by atoms with Crippen molar-refractivity contribution in [1.29, 1.82) is 5.26 Å². The molecule has 0 radical (unpaired) electrons. The van der Waals surface area contributed by atoms with Crippen LogP contribution in [0.5, 0.6) is 0 Å². The highest BCUT2D eigenvalue weighted by molar-refractivity contribution is 5.95. The van der Waals surface area contributed by atoms with Crippen molar-refractivity contribution in [2.24, 2.45) is 5.73 Å². The van der Waals surface area contributed by atoms with Gasteiger partial charge in [-0.2, -0.15) is 5.26 Å². The first-order valence-corrected chi connectivity index (χ1v) is 13.1. The van der Waals surface area contributed by atoms with Crippen molar-refractivity contribution in [3.05, 3.63) is 162 Å². The van der Waals surface area contributed by atoms with Crippen LogP contribution in [-0.4, -0.2) is 0 Å². The zero-order chi connectivity index (χ0) is 27.0. The van der Waals surface area contributed by atoms with Crippen molar-refractivity contribution in [2.75, 3.05) is 0 Å². The van der Waals surface area contributed by atoms with Crippen molar-refractivity contribution < 1.29 is 0 Å². The van der Waals surface area contributed by atoms with Gasteiger partial charge in [-0.15, -0.1) is 0 Å². The first kappa shape index (κ1) is 24.2. The van der Waals surface area contributed by atoms with Gasteiger partial charge < -0.3 is 5.73 Å². The molecule has 0 aromatic heterocycles. The molecular formula is C37H28N2. The highest BCUT2D eigenvalue weighted by atomic mass is 14.5. The minimum absolute atomic E-state index is 0.296. The number of benzene rings is 5. The number of allylic oxidation sites excluding steroid dienone is 3. The lowest BCUT2D eigenvalue weighted by atomic mass is 9.70. The summed E-state index contributed by atoms with van der Waals surface area (Å²) < 4.78 is 0. The van der Waals surface area contributed by atoms with E-state index in [9.17, 15) is 0 Å². The fourth-order valence-corrected chi connectivity index (χ4v) is 6.45. The smallest absolute Gasteiger partial charge is 0.173 e. The third kappa shape index (κ3) is 3.55. The summed E-state index contributed by atoms with van der Waals surface area (Å²) in [5.74, 6) is 0. The number of nitrogens with two attached hydrogens (primary N) is 1. The molecule has 0 saturated heterocycles. The maximum Gasteiger partial charge on any atom is 0.173 e. The molecule has 2 heteroatoms. The Kier molecular flexibility index (Phi) is 5.98. The van der Waals surface area contributed by atoms with Crippen LogP contribution in [0.25, 0.3) is 39.0 Å². The Morgan fingerprint density at radius 2 is 1.10 bits per heavy atom. The van der Waals surface area contributed by atoms with Gasteiger partial charge in [0.25, 0.3) is 0 Å². The molecule has 5 aromatic carbocycles. The van der Waals surface area contributed by atoms with Crippen molar-refractivity contribution in [3.63, 3.8) is 0 Å². The molecule has 2 N–H and O–H groups in total. The van der Waals surface area contributed by atoms with Gasteiger partial charge in [-0.25, -0.2) is 0 Å². The normalized spacial score (nSPS) is 13.0. The molecule has 5 aromatic rings. The van der Waals surface area contributed by atoms with Crippen molar-refractivity contribution in [1.82, 2.24) is 0 Å². The van der Waals surface area contributed by atoms with Crippen LogP contribution in [0.4, 0.5) is 0 Å². The Hall–Kier alpha value is -5.13. The summed E-state index contributed by atoms with van der Waals surface area (Å²) in [6, 6.07) is 42.7. The van der Waals surface area contributed by atoms with E-state index in [-0.39, 0.29) is 5.41 Å². The van der Waals surface area contributed by atoms with Gasteiger partial charge in [0.2, 0.25) is 0 Å². The van der Waals surface area contributed by atoms with Gasteiger partial charge in [-0.05, 0) is 79.8 Å². The van der Waals surface area contributed by atoms with Gasteiger partial charge >= 0.3 is 0 Å². The van der Waals surface area contributed by atoms with E-state index in [4.69, 9.17) is 5.26 Å². The molecule has 0 aliphatic heterocycles. The Labute approximate surface area is 230 Å². The number of fused-ring (bicyclic) bond motifs is 10. The average molecular weight is 501 g/mol. The maximum absolute atomic E-state index is 7.10. The molecule has 0 unspecified atom stereocenters. The summed E-state index contributed by atoms with van der Waals surface area (Å²) in [4.78, 5) is 0. The third-order valence-corrected chi connectivity index (χ3v) is 7.95. The second-order valence-electron chi connectivity index (χ2n) is 9.88. The number of hydrogen-bond acceptors (Lipinski definition) is 2. The quantitative estimate of drug-likeness (QED) is 0.150. The van der Waals surface area contributed by atoms with E-state index < -0.39 is 0 Å². The van der Waals surface area contributed by atoms with Crippen molar-refractivity contribution in [2.45, 2.75) is 12.3 Å². The van der Waals surface area contributed by atoms with E-state index in [1.807, 2.05) is 13.0 Å². The monoisotopic (exact) mass is 500 g/mol. The molecular weight excluding hydrogens is 472 g/mol. The van der Waals surface area contributed by atoms with Gasteiger partial charge in [0, 0.05) is 0 Å². The van der Waals surface area contributed by atoms with Gasteiger partial charge in [0.15, 0.2) is 6.19 Å². The van der Waals surface area contributed by atoms with E-state index in [1.165, 1.54) is 61.8 Å². The number of nitrogens with zero attached hydrogens (tertiary/aromatic N) is 1. The van der Waals surface area contributed by atoms with Crippen LogP contribution in [-0.2, 0) is 5.41 Å². The van der Waals surface area contributed by atoms with Gasteiger partial charge in [-0.3, -0.25) is 0 Å². The topological polar surface area (TPSA) is 49.8 Å². The van der Waals surface area contributed by atoms with E-state index >= 15 is 0 Å². The Morgan fingerprint density at radius 3 is 1.59 bits per heavy atom. The fraction of sp³-hybridized carbons (Fsp3) is 0.0541. The summed E-state index contributed by atoms with van der Waals surface area (Å²) >= 11 is 0. The predicted octanol–water partition coefficient (Wildman–Crippen LogP) is 8.71. The Balaban J connectivity index is 0.000000883. The summed E-state index contributed by atoms with van der Waals surface area (Å²) in [6.07, 6.45) is 5.34. The zero-order valence-corrected chi connectivity index (χ0v) is 21.9. The lowest BCUT2D eigenvalue weighted by Crippen LogP contribution is -2.25. The van der Waals surface area contributed by atoms with Crippen LogP contribution in [0.15, 0.2) is 134 Å². The van der Waals surface area contributed by atoms with Crippen LogP contribution in [0, 0.1) is 11.5 Å². The molecule has 0 bridgehead atoms. The fourth-order valence-electron chi connectivity index (χ4n) is 6.45. The lowest BCUT2D eigenvalue weighted by molar-refractivity contribution is 0.794. The lowest BCUT2D eigenvalue weighted by Gasteiger charge is -2.30. The summed E-state index contributed by atoms with van der Waals surface area (Å²) in [6.45, 7) is 6.22. The van der Waals surface area contributed by atoms with E-state index in [2.05, 4.69) is 134 Å². The Morgan fingerprint density at radius 1 is 0.667 bits per heavy atom. The molecule has 186 valence electrons. The molecule has 7 rings (SSSR count). The van der Waals surface area contributed by atoms with E-state index in [1.54, 1.807) is 0 Å². The maximum atomic E-state index is 7.10. The van der Waals surface area contributed by atoms with Crippen LogP contribution < -0.4 is 5.73 Å². The molecule has 0 fully saturated rings. The van der Waals surface area contributed by atoms with Crippen molar-refractivity contribution >= 4 is 5.57 Å². The molecule has 2 aliphatic carbocycles. The molecule has 2 aliphatic rings. The van der Waals surface area contributed by atoms with Crippen LogP contribution in [0.2, 0.25) is 0 Å². The summed E-state index contributed by atoms with van der Waals surface area (Å²) in [7, 11) is 0. The van der Waals surface area contributed by atoms with E-state index in [0.717, 1.165) is 11.1 Å². The largest absolute Gasteiger partial charge is 0.337 e. The number of nitriles is 1. The number of rotatable bonds is 3. The zero-order valence-electron chi connectivity index (χ0n) is 21.9. The first-order chi connectivity index (χ1) is 19.1. The summed E-state index contributed by atoms with van der Waals surface area (Å²) in [5, 5.41) is 7.10. The molecule has 1 spiro atoms. The molecule has 0 heterocycles. The molecule has 2 nitrogen and oxygen atoms in total. The second kappa shape index (κ2) is 9.63. The Bertz CT molecular complexity index is 1740. The molecule has 0 saturated carbocycles. The van der Waals surface area contributed by atoms with E-state index in [0.29, 0.717) is 0 Å². The molecule has 0 atom stereocenters. The SMILES string of the molecule is C=C(/C=C\C)c1ccc(-c2ccc3c(c2)C2(c4ccccc4-c4ccccc42)c2ccccc2-3)cc1.N#CN. The average Bonchev–Trinajstić information content (AvgIpc) is 3.45. The number of hydrogen-bond donors (Lipinski definition) is 1. The van der Waals surface area contributed by atoms with Crippen LogP contribution in [0.3, 0.4) is 0 Å². The van der Waals surface area contributed by atoms with Crippen LogP contribution >= 0.6 is 0 Å². The highest BCUT2D eigenvalue weighted by Gasteiger charge is 2.51. The first-order valence-electron chi connectivity index (χ1n) is 13.1. The van der Waals surface area contributed by atoms with Crippen molar-refractivity contribution in [3.8, 4) is 39.6 Å². The minimum atomic E-state index is -0.296. The van der Waals surface area contributed by atoms with Gasteiger partial charge in [-0.1, -0.05) is 128 Å². The van der Waals surface area contributed by atoms with Gasteiger partial charge in [0.05, 0.1) is 5.41 Å². The predicted molar refractivity (Wildman–Crippen MR) is 162 cm³/mol. The standard InChI is InChI=1S/C36H26.CH2N2/c1-3-10-24(2)25-17-19-26(20-18-25)27-21-22-31-30-13-6-9-16-34(30)36(35(31)23-27)32-14-7-4-11-28(32)29-12-5-8-15-33(29)36;2-1-3/h3-23H,2H2,1H3;2H2/b10-3-;. The minimum Gasteiger partial charge on any atom is -0.337 e. The molecule has 0 amide bonds. The third-order valence-electron chi connectivity index (χ3n) is 7.95.